The van der Waals surface area contributed by atoms with Crippen LogP contribution in [-0.4, -0.2) is 11.9 Å². The molecule has 90 valence electrons. The quantitative estimate of drug-likeness (QED) is 0.841. The molecule has 0 bridgehead atoms. The van der Waals surface area contributed by atoms with E-state index in [9.17, 15) is 4.79 Å². The van der Waals surface area contributed by atoms with Crippen molar-refractivity contribution in [3.05, 3.63) is 27.7 Å². The predicted molar refractivity (Wildman–Crippen MR) is 73.7 cm³/mol. The summed E-state index contributed by atoms with van der Waals surface area (Å²) in [6.07, 6.45) is 5.35. The summed E-state index contributed by atoms with van der Waals surface area (Å²) >= 11 is 3.42. The van der Waals surface area contributed by atoms with Crippen LogP contribution < -0.4 is 11.1 Å². The molecule has 17 heavy (non-hydrogen) atoms. The Labute approximate surface area is 110 Å². The Hall–Kier alpha value is -1.31. The van der Waals surface area contributed by atoms with Crippen molar-refractivity contribution in [3.8, 4) is 12.3 Å². The van der Waals surface area contributed by atoms with E-state index < -0.39 is 6.04 Å². The molecule has 0 aliphatic carbocycles. The van der Waals surface area contributed by atoms with E-state index >= 15 is 0 Å². The van der Waals surface area contributed by atoms with Gasteiger partial charge in [-0.25, -0.2) is 0 Å². The molecule has 0 aliphatic rings. The molecule has 3 nitrogen and oxygen atoms in total. The first-order chi connectivity index (χ1) is 7.95. The number of carbonyl (C=O) groups excluding carboxylic acids is 1. The summed E-state index contributed by atoms with van der Waals surface area (Å²) in [6.45, 7) is 3.92. The predicted octanol–water partition coefficient (Wildman–Crippen LogP) is 2.36. The van der Waals surface area contributed by atoms with Crippen LogP contribution in [0.4, 0.5) is 5.69 Å². The first-order valence-electron chi connectivity index (χ1n) is 5.22. The Morgan fingerprint density at radius 3 is 2.76 bits per heavy atom. The minimum absolute atomic E-state index is 0.231. The second-order valence-corrected chi connectivity index (χ2v) is 4.80. The van der Waals surface area contributed by atoms with Crippen molar-refractivity contribution < 1.29 is 4.79 Å². The zero-order chi connectivity index (χ0) is 13.0. The molecule has 1 amide bonds. The van der Waals surface area contributed by atoms with Gasteiger partial charge in [-0.3, -0.25) is 4.79 Å². The summed E-state index contributed by atoms with van der Waals surface area (Å²) in [5.41, 5.74) is 8.49. The Balaban J connectivity index is 2.90. The van der Waals surface area contributed by atoms with Crippen LogP contribution in [0.2, 0.25) is 0 Å². The molecule has 0 spiro atoms. The number of hydrogen-bond donors (Lipinski definition) is 2. The summed E-state index contributed by atoms with van der Waals surface area (Å²) < 4.78 is 0.844. The molecule has 0 aromatic heterocycles. The van der Waals surface area contributed by atoms with Crippen molar-refractivity contribution in [2.24, 2.45) is 5.73 Å². The summed E-state index contributed by atoms with van der Waals surface area (Å²) in [5, 5.41) is 2.78. The standard InChI is InChI=1S/C13H15BrN2O/c1-4-5-11(15)13(17)16-12-9(3)6-8(2)7-10(12)14/h1,6-7,11H,5,15H2,2-3H3,(H,16,17). The summed E-state index contributed by atoms with van der Waals surface area (Å²) in [4.78, 5) is 11.7. The van der Waals surface area contributed by atoms with Crippen LogP contribution in [0.3, 0.4) is 0 Å². The van der Waals surface area contributed by atoms with Gasteiger partial charge in [0.25, 0.3) is 0 Å². The number of terminal acetylenes is 1. The van der Waals surface area contributed by atoms with Crippen LogP contribution in [0.15, 0.2) is 16.6 Å². The maximum absolute atomic E-state index is 11.7. The maximum atomic E-state index is 11.7. The van der Waals surface area contributed by atoms with Gasteiger partial charge in [0.15, 0.2) is 0 Å². The molecule has 0 saturated carbocycles. The number of hydrogen-bond acceptors (Lipinski definition) is 2. The minimum atomic E-state index is -0.674. The van der Waals surface area contributed by atoms with E-state index in [1.54, 1.807) is 0 Å². The van der Waals surface area contributed by atoms with Gasteiger partial charge < -0.3 is 11.1 Å². The first kappa shape index (κ1) is 13.8. The maximum Gasteiger partial charge on any atom is 0.242 e. The highest BCUT2D eigenvalue weighted by Gasteiger charge is 2.15. The lowest BCUT2D eigenvalue weighted by molar-refractivity contribution is -0.117. The summed E-state index contributed by atoms with van der Waals surface area (Å²) in [5.74, 6) is 2.11. The molecule has 4 heteroatoms. The number of amides is 1. The van der Waals surface area contributed by atoms with Gasteiger partial charge >= 0.3 is 0 Å². The second kappa shape index (κ2) is 5.85. The van der Waals surface area contributed by atoms with Crippen LogP contribution in [0.1, 0.15) is 17.5 Å². The molecule has 1 unspecified atom stereocenters. The van der Waals surface area contributed by atoms with Gasteiger partial charge in [-0.05, 0) is 47.0 Å². The van der Waals surface area contributed by atoms with E-state index in [0.717, 1.165) is 21.3 Å². The van der Waals surface area contributed by atoms with Gasteiger partial charge in [0.2, 0.25) is 5.91 Å². The lowest BCUT2D eigenvalue weighted by Gasteiger charge is -2.14. The average Bonchev–Trinajstić information content (AvgIpc) is 2.23. The molecule has 0 fully saturated rings. The zero-order valence-electron chi connectivity index (χ0n) is 9.88. The molecule has 1 aromatic rings. The fourth-order valence-electron chi connectivity index (χ4n) is 1.51. The highest BCUT2D eigenvalue weighted by atomic mass is 79.9. The third-order valence-electron chi connectivity index (χ3n) is 2.35. The fourth-order valence-corrected chi connectivity index (χ4v) is 2.28. The lowest BCUT2D eigenvalue weighted by Crippen LogP contribution is -2.35. The SMILES string of the molecule is C#CCC(N)C(=O)Nc1c(C)cc(C)cc1Br. The molecule has 0 radical (unpaired) electrons. The Morgan fingerprint density at radius 1 is 1.59 bits per heavy atom. The third kappa shape index (κ3) is 3.58. The monoisotopic (exact) mass is 294 g/mol. The van der Waals surface area contributed by atoms with Crippen LogP contribution in [0, 0.1) is 26.2 Å². The van der Waals surface area contributed by atoms with Crippen molar-refractivity contribution >= 4 is 27.5 Å². The highest BCUT2D eigenvalue weighted by molar-refractivity contribution is 9.10. The number of nitrogens with two attached hydrogens (primary N) is 1. The van der Waals surface area contributed by atoms with Crippen molar-refractivity contribution in [1.29, 1.82) is 0 Å². The van der Waals surface area contributed by atoms with Gasteiger partial charge in [-0.1, -0.05) is 6.07 Å². The van der Waals surface area contributed by atoms with Gasteiger partial charge in [-0.2, -0.15) is 0 Å². The largest absolute Gasteiger partial charge is 0.323 e. The first-order valence-corrected chi connectivity index (χ1v) is 6.01. The molecule has 3 N–H and O–H groups in total. The van der Waals surface area contributed by atoms with Crippen LogP contribution in [0.5, 0.6) is 0 Å². The lowest BCUT2D eigenvalue weighted by atomic mass is 10.1. The summed E-state index contributed by atoms with van der Waals surface area (Å²) in [6, 6.07) is 3.26. The molecule has 1 rings (SSSR count). The second-order valence-electron chi connectivity index (χ2n) is 3.94. The number of benzene rings is 1. The van der Waals surface area contributed by atoms with E-state index in [1.165, 1.54) is 0 Å². The number of rotatable bonds is 3. The minimum Gasteiger partial charge on any atom is -0.323 e. The highest BCUT2D eigenvalue weighted by Crippen LogP contribution is 2.27. The topological polar surface area (TPSA) is 55.1 Å². The van der Waals surface area contributed by atoms with Crippen LogP contribution in [0.25, 0.3) is 0 Å². The van der Waals surface area contributed by atoms with Gasteiger partial charge in [0, 0.05) is 10.9 Å². The van der Waals surface area contributed by atoms with Crippen molar-refractivity contribution in [3.63, 3.8) is 0 Å². The number of anilines is 1. The average molecular weight is 295 g/mol. The number of carbonyl (C=O) groups is 1. The zero-order valence-corrected chi connectivity index (χ0v) is 11.5. The van der Waals surface area contributed by atoms with Crippen LogP contribution >= 0.6 is 15.9 Å². The van der Waals surface area contributed by atoms with Gasteiger partial charge in [-0.15, -0.1) is 12.3 Å². The smallest absolute Gasteiger partial charge is 0.242 e. The van der Waals surface area contributed by atoms with E-state index in [4.69, 9.17) is 12.2 Å². The van der Waals surface area contributed by atoms with E-state index in [2.05, 4.69) is 27.2 Å². The van der Waals surface area contributed by atoms with E-state index in [1.807, 2.05) is 26.0 Å². The van der Waals surface area contributed by atoms with Crippen LogP contribution in [-0.2, 0) is 4.79 Å². The van der Waals surface area contributed by atoms with Gasteiger partial charge in [0.05, 0.1) is 11.7 Å². The molecule has 0 saturated heterocycles. The molecular formula is C13H15BrN2O. The fraction of sp³-hybridized carbons (Fsp3) is 0.308. The third-order valence-corrected chi connectivity index (χ3v) is 2.98. The number of aryl methyl sites for hydroxylation is 2. The number of halogens is 1. The van der Waals surface area contributed by atoms with Crippen molar-refractivity contribution in [2.45, 2.75) is 26.3 Å². The molecular weight excluding hydrogens is 280 g/mol. The van der Waals surface area contributed by atoms with Crippen molar-refractivity contribution in [1.82, 2.24) is 0 Å². The number of nitrogens with one attached hydrogen (secondary N) is 1. The summed E-state index contributed by atoms with van der Waals surface area (Å²) in [7, 11) is 0. The van der Waals surface area contributed by atoms with Crippen molar-refractivity contribution in [2.75, 3.05) is 5.32 Å². The molecule has 0 aliphatic heterocycles. The van der Waals surface area contributed by atoms with E-state index in [-0.39, 0.29) is 12.3 Å². The molecule has 1 aromatic carbocycles. The Bertz CT molecular complexity index is 454. The Kier molecular flexibility index (Phi) is 4.73. The molecule has 0 heterocycles. The van der Waals surface area contributed by atoms with E-state index in [0.29, 0.717) is 0 Å². The normalized spacial score (nSPS) is 11.7. The molecule has 1 atom stereocenters. The Morgan fingerprint density at radius 2 is 2.24 bits per heavy atom. The van der Waals surface area contributed by atoms with Gasteiger partial charge in [0.1, 0.15) is 0 Å².